The topological polar surface area (TPSA) is 51.8 Å². The van der Waals surface area contributed by atoms with Crippen LogP contribution in [0.1, 0.15) is 24.3 Å². The van der Waals surface area contributed by atoms with Crippen LogP contribution < -0.4 is 5.73 Å². The molecule has 0 aliphatic carbocycles. The molecule has 15 heavy (non-hydrogen) atoms. The summed E-state index contributed by atoms with van der Waals surface area (Å²) in [7, 11) is 0. The van der Waals surface area contributed by atoms with Gasteiger partial charge in [0.25, 0.3) is 0 Å². The van der Waals surface area contributed by atoms with Crippen LogP contribution in [-0.4, -0.2) is 9.97 Å². The van der Waals surface area contributed by atoms with Crippen LogP contribution in [0.4, 0.5) is 0 Å². The van der Waals surface area contributed by atoms with E-state index in [9.17, 15) is 0 Å². The highest BCUT2D eigenvalue weighted by Gasteiger charge is 2.08. The standard InChI is InChI=1S/C11H13N3S/c1-2-9(12)11-4-3-10(15-11)8-5-13-7-14-6-8/h3-7,9H,2,12H2,1H3. The number of hydrogen-bond donors (Lipinski definition) is 1. The van der Waals surface area contributed by atoms with Gasteiger partial charge in [-0.05, 0) is 18.6 Å². The smallest absolute Gasteiger partial charge is 0.115 e. The molecular weight excluding hydrogens is 206 g/mol. The zero-order valence-corrected chi connectivity index (χ0v) is 9.37. The highest BCUT2D eigenvalue weighted by molar-refractivity contribution is 7.15. The molecule has 0 radical (unpaired) electrons. The normalized spacial score (nSPS) is 12.7. The summed E-state index contributed by atoms with van der Waals surface area (Å²) < 4.78 is 0. The largest absolute Gasteiger partial charge is 0.323 e. The van der Waals surface area contributed by atoms with E-state index in [0.717, 1.165) is 12.0 Å². The molecule has 0 saturated heterocycles. The number of aromatic nitrogens is 2. The number of nitrogens with zero attached hydrogens (tertiary/aromatic N) is 2. The summed E-state index contributed by atoms with van der Waals surface area (Å²) in [6.07, 6.45) is 6.14. The Morgan fingerprint density at radius 1 is 1.33 bits per heavy atom. The molecule has 2 heterocycles. The van der Waals surface area contributed by atoms with Gasteiger partial charge in [-0.2, -0.15) is 0 Å². The van der Waals surface area contributed by atoms with Crippen LogP contribution >= 0.6 is 11.3 Å². The molecule has 0 amide bonds. The molecule has 1 unspecified atom stereocenters. The SMILES string of the molecule is CCC(N)c1ccc(-c2cncnc2)s1. The fraction of sp³-hybridized carbons (Fsp3) is 0.273. The third kappa shape index (κ3) is 2.22. The summed E-state index contributed by atoms with van der Waals surface area (Å²) in [4.78, 5) is 10.4. The van der Waals surface area contributed by atoms with Gasteiger partial charge in [0.15, 0.2) is 0 Å². The fourth-order valence-electron chi connectivity index (χ4n) is 1.33. The van der Waals surface area contributed by atoms with Crippen molar-refractivity contribution in [2.45, 2.75) is 19.4 Å². The second-order valence-corrected chi connectivity index (χ2v) is 4.46. The van der Waals surface area contributed by atoms with Crippen molar-refractivity contribution in [3.05, 3.63) is 35.7 Å². The molecule has 2 aromatic heterocycles. The van der Waals surface area contributed by atoms with E-state index in [4.69, 9.17) is 5.73 Å². The van der Waals surface area contributed by atoms with Crippen LogP contribution in [-0.2, 0) is 0 Å². The second kappa shape index (κ2) is 4.51. The van der Waals surface area contributed by atoms with Gasteiger partial charge in [0.2, 0.25) is 0 Å². The molecule has 0 saturated carbocycles. The Morgan fingerprint density at radius 2 is 2.07 bits per heavy atom. The molecule has 0 aromatic carbocycles. The first-order valence-electron chi connectivity index (χ1n) is 4.92. The van der Waals surface area contributed by atoms with E-state index in [1.807, 2.05) is 12.4 Å². The number of thiophene rings is 1. The molecule has 0 aliphatic rings. The molecule has 1 atom stereocenters. The maximum absolute atomic E-state index is 5.96. The lowest BCUT2D eigenvalue weighted by molar-refractivity contribution is 0.712. The maximum atomic E-state index is 5.96. The third-order valence-corrected chi connectivity index (χ3v) is 3.54. The van der Waals surface area contributed by atoms with E-state index in [1.165, 1.54) is 16.1 Å². The quantitative estimate of drug-likeness (QED) is 0.863. The van der Waals surface area contributed by atoms with Crippen molar-refractivity contribution in [3.8, 4) is 10.4 Å². The molecule has 0 aliphatic heterocycles. The van der Waals surface area contributed by atoms with Crippen molar-refractivity contribution in [2.24, 2.45) is 5.73 Å². The minimum Gasteiger partial charge on any atom is -0.323 e. The average molecular weight is 219 g/mol. The molecule has 0 spiro atoms. The van der Waals surface area contributed by atoms with Crippen LogP contribution in [0.15, 0.2) is 30.9 Å². The van der Waals surface area contributed by atoms with Crippen molar-refractivity contribution >= 4 is 11.3 Å². The highest BCUT2D eigenvalue weighted by Crippen LogP contribution is 2.30. The predicted molar refractivity (Wildman–Crippen MR) is 62.6 cm³/mol. The van der Waals surface area contributed by atoms with Gasteiger partial charge in [-0.25, -0.2) is 9.97 Å². The fourth-order valence-corrected chi connectivity index (χ4v) is 2.40. The lowest BCUT2D eigenvalue weighted by atomic mass is 10.2. The summed E-state index contributed by atoms with van der Waals surface area (Å²) in [5.74, 6) is 0. The molecule has 4 heteroatoms. The summed E-state index contributed by atoms with van der Waals surface area (Å²) >= 11 is 1.71. The maximum Gasteiger partial charge on any atom is 0.115 e. The molecule has 2 N–H and O–H groups in total. The summed E-state index contributed by atoms with van der Waals surface area (Å²) in [5, 5.41) is 0. The first-order valence-corrected chi connectivity index (χ1v) is 5.73. The minimum atomic E-state index is 0.147. The van der Waals surface area contributed by atoms with E-state index in [-0.39, 0.29) is 6.04 Å². The number of rotatable bonds is 3. The van der Waals surface area contributed by atoms with E-state index >= 15 is 0 Å². The van der Waals surface area contributed by atoms with Crippen LogP contribution in [0.5, 0.6) is 0 Å². The van der Waals surface area contributed by atoms with Crippen molar-refractivity contribution < 1.29 is 0 Å². The van der Waals surface area contributed by atoms with Gasteiger partial charge >= 0.3 is 0 Å². The molecule has 0 fully saturated rings. The first kappa shape index (κ1) is 10.3. The van der Waals surface area contributed by atoms with Gasteiger partial charge in [-0.3, -0.25) is 0 Å². The van der Waals surface area contributed by atoms with E-state index < -0.39 is 0 Å². The lowest BCUT2D eigenvalue weighted by Crippen LogP contribution is -2.05. The molecule has 2 rings (SSSR count). The zero-order chi connectivity index (χ0) is 10.7. The Morgan fingerprint density at radius 3 is 2.73 bits per heavy atom. The average Bonchev–Trinajstić information content (AvgIpc) is 2.78. The Labute approximate surface area is 93.0 Å². The van der Waals surface area contributed by atoms with Crippen LogP contribution in [0.3, 0.4) is 0 Å². The van der Waals surface area contributed by atoms with Crippen LogP contribution in [0, 0.1) is 0 Å². The number of hydrogen-bond acceptors (Lipinski definition) is 4. The molecule has 0 bridgehead atoms. The lowest BCUT2D eigenvalue weighted by Gasteiger charge is -2.03. The molecule has 78 valence electrons. The Kier molecular flexibility index (Phi) is 3.08. The Balaban J connectivity index is 2.28. The summed E-state index contributed by atoms with van der Waals surface area (Å²) in [5.41, 5.74) is 7.02. The summed E-state index contributed by atoms with van der Waals surface area (Å²) in [6, 6.07) is 4.31. The monoisotopic (exact) mass is 219 g/mol. The van der Waals surface area contributed by atoms with E-state index in [1.54, 1.807) is 11.3 Å². The Bertz CT molecular complexity index is 424. The van der Waals surface area contributed by atoms with Crippen molar-refractivity contribution in [1.82, 2.24) is 9.97 Å². The second-order valence-electron chi connectivity index (χ2n) is 3.34. The zero-order valence-electron chi connectivity index (χ0n) is 8.55. The van der Waals surface area contributed by atoms with Gasteiger partial charge in [-0.1, -0.05) is 6.92 Å². The van der Waals surface area contributed by atoms with E-state index in [0.29, 0.717) is 0 Å². The third-order valence-electron chi connectivity index (χ3n) is 2.28. The predicted octanol–water partition coefficient (Wildman–Crippen LogP) is 2.61. The van der Waals surface area contributed by atoms with Crippen LogP contribution in [0.25, 0.3) is 10.4 Å². The minimum absolute atomic E-state index is 0.147. The molecule has 2 aromatic rings. The van der Waals surface area contributed by atoms with Gasteiger partial charge in [-0.15, -0.1) is 11.3 Å². The summed E-state index contributed by atoms with van der Waals surface area (Å²) in [6.45, 7) is 2.09. The van der Waals surface area contributed by atoms with Crippen molar-refractivity contribution in [3.63, 3.8) is 0 Å². The van der Waals surface area contributed by atoms with Crippen molar-refractivity contribution in [2.75, 3.05) is 0 Å². The first-order chi connectivity index (χ1) is 7.31. The number of nitrogens with two attached hydrogens (primary N) is 1. The van der Waals surface area contributed by atoms with Gasteiger partial charge in [0.05, 0.1) is 0 Å². The Hall–Kier alpha value is -1.26. The van der Waals surface area contributed by atoms with Gasteiger partial charge in [0, 0.05) is 33.8 Å². The molecular formula is C11H13N3S. The van der Waals surface area contributed by atoms with Gasteiger partial charge in [0.1, 0.15) is 6.33 Å². The van der Waals surface area contributed by atoms with Gasteiger partial charge < -0.3 is 5.73 Å². The molecule has 3 nitrogen and oxygen atoms in total. The van der Waals surface area contributed by atoms with Crippen molar-refractivity contribution in [1.29, 1.82) is 0 Å². The van der Waals surface area contributed by atoms with E-state index in [2.05, 4.69) is 29.0 Å². The highest BCUT2D eigenvalue weighted by atomic mass is 32.1. The van der Waals surface area contributed by atoms with Crippen LogP contribution in [0.2, 0.25) is 0 Å².